The number of aromatic nitrogens is 4. The molecule has 0 atom stereocenters. The van der Waals surface area contributed by atoms with Gasteiger partial charge in [0, 0.05) is 23.4 Å². The summed E-state index contributed by atoms with van der Waals surface area (Å²) < 4.78 is 20.6. The third-order valence-corrected chi connectivity index (χ3v) is 4.66. The molecule has 0 spiro atoms. The summed E-state index contributed by atoms with van der Waals surface area (Å²) in [6.07, 6.45) is 2.77. The van der Waals surface area contributed by atoms with E-state index in [-0.39, 0.29) is 5.82 Å². The summed E-state index contributed by atoms with van der Waals surface area (Å²) in [5.41, 5.74) is 1.56. The van der Waals surface area contributed by atoms with Gasteiger partial charge >= 0.3 is 0 Å². The lowest BCUT2D eigenvalue weighted by Crippen LogP contribution is -2.39. The van der Waals surface area contributed by atoms with Crippen LogP contribution in [0.2, 0.25) is 0 Å². The largest absolute Gasteiger partial charge is 0.337 e. The van der Waals surface area contributed by atoms with Crippen LogP contribution in [0, 0.1) is 5.82 Å². The van der Waals surface area contributed by atoms with Crippen LogP contribution in [-0.2, 0) is 6.42 Å². The molecule has 1 saturated carbocycles. The van der Waals surface area contributed by atoms with Crippen LogP contribution in [0.3, 0.4) is 0 Å². The molecule has 1 aliphatic rings. The van der Waals surface area contributed by atoms with Gasteiger partial charge in [-0.15, -0.1) is 0 Å². The molecule has 0 saturated heterocycles. The Balaban J connectivity index is 1.65. The van der Waals surface area contributed by atoms with E-state index in [4.69, 9.17) is 4.52 Å². The molecule has 3 aromatic rings. The smallest absolute Gasteiger partial charge is 0.291 e. The second-order valence-electron chi connectivity index (χ2n) is 6.23. The van der Waals surface area contributed by atoms with E-state index in [1.807, 2.05) is 6.92 Å². The predicted molar refractivity (Wildman–Crippen MR) is 87.7 cm³/mol. The van der Waals surface area contributed by atoms with Crippen molar-refractivity contribution in [2.75, 3.05) is 6.54 Å². The van der Waals surface area contributed by atoms with Crippen LogP contribution in [0.15, 0.2) is 22.7 Å². The fourth-order valence-electron chi connectivity index (χ4n) is 3.32. The summed E-state index contributed by atoms with van der Waals surface area (Å²) in [7, 11) is 0. The van der Waals surface area contributed by atoms with E-state index in [0.29, 0.717) is 29.3 Å². The van der Waals surface area contributed by atoms with Gasteiger partial charge in [0.1, 0.15) is 5.82 Å². The van der Waals surface area contributed by atoms with E-state index in [1.165, 1.54) is 12.1 Å². The number of hydrogen-bond donors (Lipinski definition) is 1. The highest BCUT2D eigenvalue weighted by atomic mass is 19.1. The van der Waals surface area contributed by atoms with E-state index < -0.39 is 0 Å². The zero-order valence-corrected chi connectivity index (χ0v) is 13.8. The van der Waals surface area contributed by atoms with Crippen LogP contribution in [0.5, 0.6) is 0 Å². The molecule has 6 nitrogen and oxygen atoms in total. The number of benzene rings is 1. The third kappa shape index (κ3) is 2.49. The Morgan fingerprint density at radius 1 is 1.33 bits per heavy atom. The zero-order valence-electron chi connectivity index (χ0n) is 13.8. The molecular formula is C17H20FN5O. The minimum atomic E-state index is -0.303. The zero-order chi connectivity index (χ0) is 16.7. The summed E-state index contributed by atoms with van der Waals surface area (Å²) in [5, 5.41) is 12.9. The fraction of sp³-hybridized carbons (Fsp3) is 0.471. The summed E-state index contributed by atoms with van der Waals surface area (Å²) in [6, 6.07) is 5.19. The summed E-state index contributed by atoms with van der Waals surface area (Å²) >= 11 is 0. The van der Waals surface area contributed by atoms with Crippen molar-refractivity contribution in [2.24, 2.45) is 0 Å². The Morgan fingerprint density at radius 3 is 2.92 bits per heavy atom. The monoisotopic (exact) mass is 329 g/mol. The molecule has 0 amide bonds. The average molecular weight is 329 g/mol. The van der Waals surface area contributed by atoms with Crippen molar-refractivity contribution in [1.29, 1.82) is 0 Å². The summed E-state index contributed by atoms with van der Waals surface area (Å²) in [6.45, 7) is 5.09. The SMILES string of the molecule is CCN[C@H]1C[C@@H](c2nc(-n3nc(CC)c4ccc(F)cc43)no2)C1. The van der Waals surface area contributed by atoms with Crippen molar-refractivity contribution in [2.45, 2.75) is 45.1 Å². The maximum Gasteiger partial charge on any atom is 0.291 e. The highest BCUT2D eigenvalue weighted by Gasteiger charge is 2.34. The molecule has 1 aliphatic carbocycles. The van der Waals surface area contributed by atoms with Gasteiger partial charge in [0.15, 0.2) is 0 Å². The van der Waals surface area contributed by atoms with Gasteiger partial charge in [-0.3, -0.25) is 0 Å². The molecule has 2 heterocycles. The first-order valence-electron chi connectivity index (χ1n) is 8.44. The minimum Gasteiger partial charge on any atom is -0.337 e. The Labute approximate surface area is 139 Å². The number of nitrogens with one attached hydrogen (secondary N) is 1. The lowest BCUT2D eigenvalue weighted by atomic mass is 9.80. The van der Waals surface area contributed by atoms with E-state index in [1.54, 1.807) is 10.7 Å². The number of nitrogens with zero attached hydrogens (tertiary/aromatic N) is 4. The van der Waals surface area contributed by atoms with Crippen LogP contribution < -0.4 is 5.32 Å². The molecule has 0 aliphatic heterocycles. The average Bonchev–Trinajstić information content (AvgIpc) is 3.14. The van der Waals surface area contributed by atoms with Crippen molar-refractivity contribution < 1.29 is 8.91 Å². The van der Waals surface area contributed by atoms with Gasteiger partial charge in [-0.2, -0.15) is 14.8 Å². The van der Waals surface area contributed by atoms with Gasteiger partial charge in [-0.1, -0.05) is 13.8 Å². The van der Waals surface area contributed by atoms with Crippen molar-refractivity contribution >= 4 is 10.9 Å². The lowest BCUT2D eigenvalue weighted by molar-refractivity contribution is 0.236. The van der Waals surface area contributed by atoms with Gasteiger partial charge < -0.3 is 9.84 Å². The van der Waals surface area contributed by atoms with E-state index >= 15 is 0 Å². The van der Waals surface area contributed by atoms with E-state index in [9.17, 15) is 4.39 Å². The van der Waals surface area contributed by atoms with Crippen LogP contribution in [0.25, 0.3) is 16.9 Å². The van der Waals surface area contributed by atoms with Crippen molar-refractivity contribution in [3.05, 3.63) is 35.6 Å². The van der Waals surface area contributed by atoms with Gasteiger partial charge in [0.2, 0.25) is 5.89 Å². The highest BCUT2D eigenvalue weighted by Crippen LogP contribution is 2.36. The number of aryl methyl sites for hydroxylation is 1. The topological polar surface area (TPSA) is 68.8 Å². The Hall–Kier alpha value is -2.28. The molecule has 4 rings (SSSR count). The molecule has 2 aromatic heterocycles. The Bertz CT molecular complexity index is 865. The normalized spacial score (nSPS) is 20.5. The quantitative estimate of drug-likeness (QED) is 0.779. The van der Waals surface area contributed by atoms with E-state index in [2.05, 4.69) is 27.5 Å². The van der Waals surface area contributed by atoms with E-state index in [0.717, 1.165) is 36.9 Å². The lowest BCUT2D eigenvalue weighted by Gasteiger charge is -2.33. The molecule has 1 aromatic carbocycles. The highest BCUT2D eigenvalue weighted by molar-refractivity contribution is 5.83. The first kappa shape index (κ1) is 15.3. The number of rotatable bonds is 5. The van der Waals surface area contributed by atoms with Gasteiger partial charge in [0.05, 0.1) is 11.2 Å². The second-order valence-corrected chi connectivity index (χ2v) is 6.23. The molecule has 1 N–H and O–H groups in total. The molecule has 1 fully saturated rings. The van der Waals surface area contributed by atoms with Crippen molar-refractivity contribution in [1.82, 2.24) is 25.2 Å². The molecule has 7 heteroatoms. The van der Waals surface area contributed by atoms with Crippen LogP contribution in [-0.4, -0.2) is 32.5 Å². The Kier molecular flexibility index (Phi) is 3.80. The van der Waals surface area contributed by atoms with Gasteiger partial charge in [-0.25, -0.2) is 4.39 Å². The first-order valence-corrected chi connectivity index (χ1v) is 8.44. The number of fused-ring (bicyclic) bond motifs is 1. The Morgan fingerprint density at radius 2 is 2.17 bits per heavy atom. The fourth-order valence-corrected chi connectivity index (χ4v) is 3.32. The first-order chi connectivity index (χ1) is 11.7. The van der Waals surface area contributed by atoms with Gasteiger partial charge in [-0.05, 0) is 43.1 Å². The molecule has 0 unspecified atom stereocenters. The molecule has 126 valence electrons. The van der Waals surface area contributed by atoms with Crippen LogP contribution in [0.1, 0.15) is 44.2 Å². The maximum absolute atomic E-state index is 13.6. The number of hydrogen-bond acceptors (Lipinski definition) is 5. The summed E-state index contributed by atoms with van der Waals surface area (Å²) in [4.78, 5) is 4.50. The van der Waals surface area contributed by atoms with Crippen LogP contribution in [0.4, 0.5) is 4.39 Å². The van der Waals surface area contributed by atoms with Crippen molar-refractivity contribution in [3.63, 3.8) is 0 Å². The predicted octanol–water partition coefficient (Wildman–Crippen LogP) is 2.97. The molecular weight excluding hydrogens is 309 g/mol. The summed E-state index contributed by atoms with van der Waals surface area (Å²) in [5.74, 6) is 0.992. The second kappa shape index (κ2) is 5.98. The molecule has 0 bridgehead atoms. The standard InChI is InChI=1S/C17H20FN5O/c1-3-14-13-6-5-11(18)9-15(13)23(21-14)17-20-16(24-22-17)10-7-12(8-10)19-4-2/h5-6,9-10,12,19H,3-4,7-8H2,1-2H3/t10-,12+. The molecule has 24 heavy (non-hydrogen) atoms. The van der Waals surface area contributed by atoms with Crippen molar-refractivity contribution in [3.8, 4) is 5.95 Å². The maximum atomic E-state index is 13.6. The molecule has 0 radical (unpaired) electrons. The van der Waals surface area contributed by atoms with Gasteiger partial charge in [0.25, 0.3) is 5.95 Å². The minimum absolute atomic E-state index is 0.291. The number of halogens is 1. The third-order valence-electron chi connectivity index (χ3n) is 4.66. The van der Waals surface area contributed by atoms with Crippen LogP contribution >= 0.6 is 0 Å².